The van der Waals surface area contributed by atoms with Crippen LogP contribution < -0.4 is 0 Å². The van der Waals surface area contributed by atoms with Gasteiger partial charge < -0.3 is 0 Å². The maximum atomic E-state index is 2.65. The van der Waals surface area contributed by atoms with Crippen molar-refractivity contribution in [2.24, 2.45) is 0 Å². The van der Waals surface area contributed by atoms with Crippen LogP contribution in [0.3, 0.4) is 0 Å². The van der Waals surface area contributed by atoms with Gasteiger partial charge in [-0.15, -0.1) is 0 Å². The van der Waals surface area contributed by atoms with Crippen LogP contribution in [0.2, 0.25) is 0 Å². The normalized spacial score (nSPS) is 12.6. The Balaban J connectivity index is 3.31. The summed E-state index contributed by atoms with van der Waals surface area (Å²) in [6.07, 6.45) is 32.7. The number of hydrogen-bond acceptors (Lipinski definition) is 0. The number of rotatable bonds is 22. The molecule has 0 aromatic carbocycles. The first kappa shape index (κ1) is 27.4. The molecule has 0 aliphatic heterocycles. The van der Waals surface area contributed by atoms with E-state index in [0.29, 0.717) is 0 Å². The molecule has 0 nitrogen and oxygen atoms in total. The van der Waals surface area contributed by atoms with Crippen molar-refractivity contribution in [1.29, 1.82) is 0 Å². The van der Waals surface area contributed by atoms with Crippen LogP contribution in [0.25, 0.3) is 0 Å². The van der Waals surface area contributed by atoms with Crippen LogP contribution in [0.5, 0.6) is 0 Å². The second kappa shape index (κ2) is 21.1. The van der Waals surface area contributed by atoms with E-state index in [1.165, 1.54) is 128 Å². The fourth-order valence-corrected chi connectivity index (χ4v) is 6.97. The first-order chi connectivity index (χ1) is 13.1. The molecule has 0 spiro atoms. The van der Waals surface area contributed by atoms with Crippen LogP contribution in [0, 0.1) is 0 Å². The van der Waals surface area contributed by atoms with Crippen molar-refractivity contribution in [3.8, 4) is 0 Å². The predicted molar refractivity (Wildman–Crippen MR) is 134 cm³/mol. The molecule has 0 N–H and O–H groups in total. The van der Waals surface area contributed by atoms with Crippen molar-refractivity contribution in [3.05, 3.63) is 0 Å². The van der Waals surface area contributed by atoms with Crippen LogP contribution in [0.4, 0.5) is 0 Å². The molecule has 0 aliphatic carbocycles. The summed E-state index contributed by atoms with van der Waals surface area (Å²) in [5.74, 6) is 0. The standard InChI is InChI=1S/C26H57P/c1-5-7-9-11-13-15-17-19-21-23-25-27(3,4)26-24-22-20-18-16-14-12-10-8-6-2/h27H,5-26H2,1-4H3. The summed E-state index contributed by atoms with van der Waals surface area (Å²) in [6.45, 7) is 9.91. The molecule has 0 heterocycles. The second-order valence-electron chi connectivity index (χ2n) is 10.0. The zero-order valence-corrected chi connectivity index (χ0v) is 21.1. The van der Waals surface area contributed by atoms with Crippen molar-refractivity contribution in [2.75, 3.05) is 25.7 Å². The van der Waals surface area contributed by atoms with Gasteiger partial charge in [0, 0.05) is 0 Å². The summed E-state index contributed by atoms with van der Waals surface area (Å²) < 4.78 is 0. The van der Waals surface area contributed by atoms with E-state index in [9.17, 15) is 0 Å². The molecule has 0 bridgehead atoms. The van der Waals surface area contributed by atoms with Gasteiger partial charge in [0.2, 0.25) is 0 Å². The molecule has 0 saturated carbocycles. The fourth-order valence-electron chi connectivity index (χ4n) is 4.31. The van der Waals surface area contributed by atoms with E-state index >= 15 is 0 Å². The van der Waals surface area contributed by atoms with Gasteiger partial charge in [-0.25, -0.2) is 0 Å². The Hall–Kier alpha value is 0.430. The van der Waals surface area contributed by atoms with Crippen molar-refractivity contribution < 1.29 is 0 Å². The quantitative estimate of drug-likeness (QED) is 0.125. The first-order valence-corrected chi connectivity index (χ1v) is 16.5. The Bertz CT molecular complexity index is 245. The minimum absolute atomic E-state index is 0.884. The van der Waals surface area contributed by atoms with E-state index in [1.807, 2.05) is 0 Å². The molecule has 0 aromatic rings. The molecule has 0 aliphatic rings. The molecule has 1 heteroatoms. The molecule has 0 aromatic heterocycles. The summed E-state index contributed by atoms with van der Waals surface area (Å²) in [4.78, 5) is 0. The molecule has 27 heavy (non-hydrogen) atoms. The van der Waals surface area contributed by atoms with Crippen LogP contribution in [0.1, 0.15) is 142 Å². The molecule has 166 valence electrons. The van der Waals surface area contributed by atoms with E-state index in [4.69, 9.17) is 0 Å². The van der Waals surface area contributed by atoms with Gasteiger partial charge in [-0.05, 0) is 0 Å². The summed E-state index contributed by atoms with van der Waals surface area (Å²) in [5, 5.41) is 0. The van der Waals surface area contributed by atoms with Crippen LogP contribution in [-0.4, -0.2) is 25.7 Å². The third-order valence-corrected chi connectivity index (χ3v) is 9.83. The Morgan fingerprint density at radius 1 is 0.333 bits per heavy atom. The third-order valence-electron chi connectivity index (χ3n) is 6.41. The average Bonchev–Trinajstić information content (AvgIpc) is 2.64. The van der Waals surface area contributed by atoms with Gasteiger partial charge in [0.05, 0.1) is 0 Å². The van der Waals surface area contributed by atoms with E-state index in [1.54, 1.807) is 12.3 Å². The van der Waals surface area contributed by atoms with Gasteiger partial charge >= 0.3 is 175 Å². The molecule has 0 amide bonds. The minimum atomic E-state index is -0.884. The number of unbranched alkanes of at least 4 members (excludes halogenated alkanes) is 18. The van der Waals surface area contributed by atoms with E-state index in [-0.39, 0.29) is 0 Å². The van der Waals surface area contributed by atoms with Crippen molar-refractivity contribution >= 4 is 7.26 Å². The van der Waals surface area contributed by atoms with Crippen LogP contribution in [-0.2, 0) is 0 Å². The molecule has 0 radical (unpaired) electrons. The molecular weight excluding hydrogens is 343 g/mol. The van der Waals surface area contributed by atoms with Gasteiger partial charge in [0.1, 0.15) is 0 Å². The number of hydrogen-bond donors (Lipinski definition) is 0. The Kier molecular flexibility index (Phi) is 21.5. The molecular formula is C26H57P. The van der Waals surface area contributed by atoms with Crippen molar-refractivity contribution in [1.82, 2.24) is 0 Å². The van der Waals surface area contributed by atoms with Crippen LogP contribution >= 0.6 is 7.26 Å². The van der Waals surface area contributed by atoms with Crippen molar-refractivity contribution in [2.45, 2.75) is 142 Å². The Morgan fingerprint density at radius 2 is 0.556 bits per heavy atom. The Morgan fingerprint density at radius 3 is 0.815 bits per heavy atom. The van der Waals surface area contributed by atoms with Gasteiger partial charge in [-0.3, -0.25) is 0 Å². The second-order valence-corrected chi connectivity index (χ2v) is 15.4. The van der Waals surface area contributed by atoms with E-state index < -0.39 is 7.26 Å². The first-order valence-electron chi connectivity index (χ1n) is 13.1. The predicted octanol–water partition coefficient (Wildman–Crippen LogP) is 9.84. The maximum absolute atomic E-state index is 2.65. The third kappa shape index (κ3) is 22.6. The average molecular weight is 401 g/mol. The molecule has 0 saturated heterocycles. The molecule has 0 fully saturated rings. The zero-order valence-electron chi connectivity index (χ0n) is 20.1. The van der Waals surface area contributed by atoms with E-state index in [0.717, 1.165) is 0 Å². The fraction of sp³-hybridized carbons (Fsp3) is 1.00. The summed E-state index contributed by atoms with van der Waals surface area (Å²) in [7, 11) is -0.884. The monoisotopic (exact) mass is 400 g/mol. The van der Waals surface area contributed by atoms with Crippen molar-refractivity contribution in [3.63, 3.8) is 0 Å². The summed E-state index contributed by atoms with van der Waals surface area (Å²) in [6, 6.07) is 0. The zero-order chi connectivity index (χ0) is 20.1. The Labute approximate surface area is 175 Å². The summed E-state index contributed by atoms with van der Waals surface area (Å²) in [5.41, 5.74) is 0. The van der Waals surface area contributed by atoms with E-state index in [2.05, 4.69) is 27.2 Å². The molecule has 0 rings (SSSR count). The topological polar surface area (TPSA) is 0 Å². The summed E-state index contributed by atoms with van der Waals surface area (Å²) >= 11 is 0. The SMILES string of the molecule is CCCCCCCCCCCC[PH](C)(C)CCCCCCCCCCCC. The van der Waals surface area contributed by atoms with Gasteiger partial charge in [-0.2, -0.15) is 0 Å². The van der Waals surface area contributed by atoms with Gasteiger partial charge in [-0.1, -0.05) is 0 Å². The van der Waals surface area contributed by atoms with Crippen LogP contribution in [0.15, 0.2) is 0 Å². The molecule has 0 atom stereocenters. The van der Waals surface area contributed by atoms with Gasteiger partial charge in [0.15, 0.2) is 0 Å². The molecule has 0 unspecified atom stereocenters. The van der Waals surface area contributed by atoms with Gasteiger partial charge in [0.25, 0.3) is 0 Å².